The molecule has 2 aromatic rings. The minimum absolute atomic E-state index is 0.0182. The molecule has 0 fully saturated rings. The van der Waals surface area contributed by atoms with Gasteiger partial charge in [0.05, 0.1) is 16.1 Å². The molecule has 0 amide bonds. The number of carbonyl (C=O) groups excluding carboxylic acids is 2. The highest BCUT2D eigenvalue weighted by Crippen LogP contribution is 2.41. The maximum absolute atomic E-state index is 12.1. The van der Waals surface area contributed by atoms with Gasteiger partial charge in [0.2, 0.25) is 0 Å². The second-order valence-corrected chi connectivity index (χ2v) is 4.80. The van der Waals surface area contributed by atoms with E-state index in [2.05, 4.69) is 0 Å². The predicted molar refractivity (Wildman–Crippen MR) is 72.8 cm³/mol. The van der Waals surface area contributed by atoms with E-state index in [0.29, 0.717) is 0 Å². The number of halogens is 2. The van der Waals surface area contributed by atoms with Gasteiger partial charge in [-0.1, -0.05) is 35.3 Å². The molecule has 2 aromatic carbocycles. The van der Waals surface area contributed by atoms with Crippen molar-refractivity contribution in [3.63, 3.8) is 0 Å². The Morgan fingerprint density at radius 2 is 1.40 bits per heavy atom. The van der Waals surface area contributed by atoms with Gasteiger partial charge in [-0.3, -0.25) is 0 Å². The number of fused-ring (bicyclic) bond motifs is 2. The minimum Gasteiger partial charge on any atom is -0.419 e. The molecule has 0 atom stereocenters. The number of benzene rings is 2. The van der Waals surface area contributed by atoms with E-state index >= 15 is 0 Å². The fourth-order valence-corrected chi connectivity index (χ4v) is 2.17. The number of ether oxygens (including phenoxy) is 2. The molecule has 0 unspecified atom stereocenters. The van der Waals surface area contributed by atoms with Crippen LogP contribution in [-0.4, -0.2) is 11.9 Å². The third-order valence-corrected chi connectivity index (χ3v) is 3.57. The van der Waals surface area contributed by atoms with E-state index in [4.69, 9.17) is 32.7 Å². The van der Waals surface area contributed by atoms with Crippen molar-refractivity contribution < 1.29 is 19.1 Å². The summed E-state index contributed by atoms with van der Waals surface area (Å²) in [6, 6.07) is 9.09. The Kier molecular flexibility index (Phi) is 3.12. The number of esters is 2. The molecule has 0 N–H and O–H groups in total. The maximum atomic E-state index is 12.1. The highest BCUT2D eigenvalue weighted by atomic mass is 35.5. The molecule has 0 spiro atoms. The van der Waals surface area contributed by atoms with E-state index in [1.54, 1.807) is 12.1 Å². The second kappa shape index (κ2) is 4.81. The topological polar surface area (TPSA) is 52.6 Å². The summed E-state index contributed by atoms with van der Waals surface area (Å²) in [6.45, 7) is 0. The zero-order chi connectivity index (χ0) is 14.3. The van der Waals surface area contributed by atoms with Crippen LogP contribution in [0.15, 0.2) is 36.4 Å². The van der Waals surface area contributed by atoms with Crippen LogP contribution in [0.5, 0.6) is 11.5 Å². The number of carbonyl (C=O) groups is 2. The molecule has 100 valence electrons. The molecule has 1 aliphatic rings. The van der Waals surface area contributed by atoms with Crippen LogP contribution in [0.2, 0.25) is 10.0 Å². The molecule has 6 heteroatoms. The van der Waals surface area contributed by atoms with Crippen LogP contribution in [-0.2, 0) is 0 Å². The molecular formula is C14H6Cl2O4. The van der Waals surface area contributed by atoms with E-state index in [-0.39, 0.29) is 32.7 Å². The Morgan fingerprint density at radius 1 is 0.800 bits per heavy atom. The lowest BCUT2D eigenvalue weighted by molar-refractivity contribution is 0.0648. The average molecular weight is 309 g/mol. The summed E-state index contributed by atoms with van der Waals surface area (Å²) in [5, 5.41) is 0.216. The van der Waals surface area contributed by atoms with Crippen molar-refractivity contribution in [2.45, 2.75) is 0 Å². The SMILES string of the molecule is O=C1Oc2ccc(Cl)c(Cl)c2OC(=O)c2ccccc21. The lowest BCUT2D eigenvalue weighted by Gasteiger charge is -2.17. The third kappa shape index (κ3) is 2.03. The Labute approximate surface area is 123 Å². The molecule has 0 saturated carbocycles. The number of hydrogen-bond donors (Lipinski definition) is 0. The summed E-state index contributed by atoms with van der Waals surface area (Å²) in [6.07, 6.45) is 0. The first-order valence-corrected chi connectivity index (χ1v) is 6.35. The predicted octanol–water partition coefficient (Wildman–Crippen LogP) is 3.75. The minimum atomic E-state index is -0.692. The lowest BCUT2D eigenvalue weighted by Crippen LogP contribution is -2.21. The Balaban J connectivity index is 2.19. The van der Waals surface area contributed by atoms with E-state index < -0.39 is 11.9 Å². The van der Waals surface area contributed by atoms with Gasteiger partial charge in [0.25, 0.3) is 0 Å². The van der Waals surface area contributed by atoms with Crippen LogP contribution < -0.4 is 9.47 Å². The summed E-state index contributed by atoms with van der Waals surface area (Å²) in [4.78, 5) is 24.2. The summed E-state index contributed by atoms with van der Waals surface area (Å²) in [5.74, 6) is -1.36. The largest absolute Gasteiger partial charge is 0.419 e. The Morgan fingerprint density at radius 3 is 2.05 bits per heavy atom. The third-order valence-electron chi connectivity index (χ3n) is 2.78. The van der Waals surface area contributed by atoms with Crippen molar-refractivity contribution in [1.82, 2.24) is 0 Å². The van der Waals surface area contributed by atoms with Crippen LogP contribution in [0.3, 0.4) is 0 Å². The molecule has 20 heavy (non-hydrogen) atoms. The number of rotatable bonds is 0. The average Bonchev–Trinajstić information content (AvgIpc) is 2.45. The molecule has 4 nitrogen and oxygen atoms in total. The van der Waals surface area contributed by atoms with Crippen molar-refractivity contribution >= 4 is 35.1 Å². The molecule has 0 bridgehead atoms. The van der Waals surface area contributed by atoms with Gasteiger partial charge in [-0.25, -0.2) is 9.59 Å². The summed E-state index contributed by atoms with van der Waals surface area (Å²) in [7, 11) is 0. The quantitative estimate of drug-likeness (QED) is 0.549. The van der Waals surface area contributed by atoms with Gasteiger partial charge < -0.3 is 9.47 Å². The molecular weight excluding hydrogens is 303 g/mol. The van der Waals surface area contributed by atoms with Gasteiger partial charge in [-0.15, -0.1) is 0 Å². The first-order valence-electron chi connectivity index (χ1n) is 5.59. The number of hydrogen-bond acceptors (Lipinski definition) is 4. The molecule has 1 heterocycles. The maximum Gasteiger partial charge on any atom is 0.344 e. The monoisotopic (exact) mass is 308 g/mol. The Bertz CT molecular complexity index is 740. The van der Waals surface area contributed by atoms with Gasteiger partial charge in [-0.2, -0.15) is 0 Å². The fourth-order valence-electron chi connectivity index (χ4n) is 1.83. The Hall–Kier alpha value is -2.04. The molecule has 3 rings (SSSR count). The van der Waals surface area contributed by atoms with Crippen LogP contribution in [0.4, 0.5) is 0 Å². The molecule has 0 aliphatic carbocycles. The second-order valence-electron chi connectivity index (χ2n) is 4.01. The molecule has 0 radical (unpaired) electrons. The van der Waals surface area contributed by atoms with Gasteiger partial charge in [0, 0.05) is 0 Å². The summed E-state index contributed by atoms with van der Waals surface area (Å²) in [5.41, 5.74) is 0.244. The normalized spacial score (nSPS) is 13.5. The highest BCUT2D eigenvalue weighted by Gasteiger charge is 2.27. The van der Waals surface area contributed by atoms with E-state index in [9.17, 15) is 9.59 Å². The van der Waals surface area contributed by atoms with E-state index in [1.807, 2.05) is 0 Å². The van der Waals surface area contributed by atoms with Gasteiger partial charge in [-0.05, 0) is 24.3 Å². The van der Waals surface area contributed by atoms with Crippen LogP contribution in [0.25, 0.3) is 0 Å². The first-order chi connectivity index (χ1) is 9.58. The lowest BCUT2D eigenvalue weighted by atomic mass is 10.1. The first kappa shape index (κ1) is 13.0. The van der Waals surface area contributed by atoms with Crippen LogP contribution in [0.1, 0.15) is 20.7 Å². The van der Waals surface area contributed by atoms with Crippen molar-refractivity contribution in [3.05, 3.63) is 57.6 Å². The molecule has 0 aromatic heterocycles. The molecule has 0 saturated heterocycles. The van der Waals surface area contributed by atoms with Gasteiger partial charge in [0.1, 0.15) is 5.02 Å². The van der Waals surface area contributed by atoms with Crippen molar-refractivity contribution in [2.75, 3.05) is 0 Å². The van der Waals surface area contributed by atoms with Crippen LogP contribution in [0, 0.1) is 0 Å². The van der Waals surface area contributed by atoms with Gasteiger partial charge >= 0.3 is 11.9 Å². The molecule has 1 aliphatic heterocycles. The van der Waals surface area contributed by atoms with E-state index in [1.165, 1.54) is 24.3 Å². The zero-order valence-corrected chi connectivity index (χ0v) is 11.4. The van der Waals surface area contributed by atoms with E-state index in [0.717, 1.165) is 0 Å². The summed E-state index contributed by atoms with van der Waals surface area (Å²) < 4.78 is 10.4. The van der Waals surface area contributed by atoms with Gasteiger partial charge in [0.15, 0.2) is 11.5 Å². The highest BCUT2D eigenvalue weighted by molar-refractivity contribution is 6.43. The van der Waals surface area contributed by atoms with Crippen molar-refractivity contribution in [3.8, 4) is 11.5 Å². The zero-order valence-electron chi connectivity index (χ0n) is 9.85. The van der Waals surface area contributed by atoms with Crippen molar-refractivity contribution in [2.24, 2.45) is 0 Å². The summed E-state index contributed by atoms with van der Waals surface area (Å²) >= 11 is 11.8. The van der Waals surface area contributed by atoms with Crippen molar-refractivity contribution in [1.29, 1.82) is 0 Å². The fraction of sp³-hybridized carbons (Fsp3) is 0. The smallest absolute Gasteiger partial charge is 0.344 e. The standard InChI is InChI=1S/C14H6Cl2O4/c15-9-5-6-10-12(11(9)16)20-14(18)8-4-2-1-3-7(8)13(17)19-10/h1-6H. The van der Waals surface area contributed by atoms with Crippen LogP contribution >= 0.6 is 23.2 Å².